The molecule has 282 valence electrons. The van der Waals surface area contributed by atoms with Crippen molar-refractivity contribution in [2.75, 3.05) is 51.8 Å². The van der Waals surface area contributed by atoms with Gasteiger partial charge in [0.2, 0.25) is 0 Å². The summed E-state index contributed by atoms with van der Waals surface area (Å²) in [5.74, 6) is 2.55. The van der Waals surface area contributed by atoms with Gasteiger partial charge in [-0.2, -0.15) is 9.97 Å². The normalized spacial score (nSPS) is 23.6. The number of aromatic nitrogens is 5. The molecule has 3 fully saturated rings. The van der Waals surface area contributed by atoms with E-state index in [1.807, 2.05) is 18.5 Å². The largest absolute Gasteiger partial charge is 0.467 e. The van der Waals surface area contributed by atoms with Crippen LogP contribution in [0.2, 0.25) is 0 Å². The van der Waals surface area contributed by atoms with E-state index in [-0.39, 0.29) is 6.04 Å². The molecule has 10 nitrogen and oxygen atoms in total. The van der Waals surface area contributed by atoms with Crippen LogP contribution >= 0.6 is 11.6 Å². The van der Waals surface area contributed by atoms with E-state index < -0.39 is 6.17 Å². The van der Waals surface area contributed by atoms with E-state index in [9.17, 15) is 4.39 Å². The Morgan fingerprint density at radius 3 is 2.60 bits per heavy atom. The summed E-state index contributed by atoms with van der Waals surface area (Å²) in [6.07, 6.45) is 7.63. The van der Waals surface area contributed by atoms with Gasteiger partial charge in [-0.25, -0.2) is 4.39 Å². The highest BCUT2D eigenvalue weighted by Gasteiger charge is 2.35. The van der Waals surface area contributed by atoms with Crippen LogP contribution in [0.4, 0.5) is 10.2 Å². The third kappa shape index (κ3) is 8.16. The second-order valence-electron chi connectivity index (χ2n) is 14.8. The van der Waals surface area contributed by atoms with E-state index in [1.54, 1.807) is 7.11 Å². The summed E-state index contributed by atoms with van der Waals surface area (Å²) in [6, 6.07) is 10.1. The predicted octanol–water partition coefficient (Wildman–Crippen LogP) is 6.93. The van der Waals surface area contributed by atoms with E-state index in [1.165, 1.54) is 29.5 Å². The molecule has 0 saturated carbocycles. The number of benzene rings is 1. The molecule has 1 aromatic carbocycles. The zero-order valence-electron chi connectivity index (χ0n) is 32.2. The molecule has 52 heavy (non-hydrogen) atoms. The molecule has 6 heterocycles. The zero-order chi connectivity index (χ0) is 36.9. The van der Waals surface area contributed by atoms with Crippen molar-refractivity contribution in [1.82, 2.24) is 39.8 Å². The molecule has 3 atom stereocenters. The molecule has 7 rings (SSSR count). The van der Waals surface area contributed by atoms with Crippen molar-refractivity contribution in [3.8, 4) is 6.01 Å². The molecular weight excluding hydrogens is 677 g/mol. The molecule has 3 unspecified atom stereocenters. The van der Waals surface area contributed by atoms with Crippen LogP contribution < -0.4 is 15.0 Å². The van der Waals surface area contributed by atoms with Crippen LogP contribution in [-0.4, -0.2) is 93.6 Å². The van der Waals surface area contributed by atoms with Gasteiger partial charge in [-0.1, -0.05) is 61.7 Å². The third-order valence-electron chi connectivity index (χ3n) is 11.3. The molecular formula is C40H57ClFN9O. The van der Waals surface area contributed by atoms with Crippen molar-refractivity contribution in [3.63, 3.8) is 0 Å². The van der Waals surface area contributed by atoms with E-state index in [2.05, 4.69) is 82.3 Å². The van der Waals surface area contributed by atoms with Crippen molar-refractivity contribution >= 4 is 23.0 Å². The fourth-order valence-corrected chi connectivity index (χ4v) is 8.57. The number of rotatable bonds is 8. The summed E-state index contributed by atoms with van der Waals surface area (Å²) in [6.45, 7) is 13.3. The summed E-state index contributed by atoms with van der Waals surface area (Å²) >= 11 is 7.28. The number of likely N-dealkylation sites (N-methyl/N-ethyl adjacent to an activating group) is 1. The van der Waals surface area contributed by atoms with Crippen LogP contribution in [0.25, 0.3) is 5.57 Å². The standard InChI is InChI=1S/C33H45ClN8O.C7H12FN/c1-8-13-23-14-10-11-15-24(23)28-18-26-25(19-40(28)5)31(37-33(36-26)43-7)42-17-12-16-35-27(20-42)30(34)29(21(3)9-2)32-39-38-22(4)41(32)6;8-6-4-7-2-1-3-9(7)5-6/h10-11,14-15,28,35H,8-9,12-13,16-20H2,1-7H3;6-7H,1-5H2/b29-21-,30-27+;. The maximum Gasteiger partial charge on any atom is 0.318 e. The maximum atomic E-state index is 12.6. The Kier molecular flexibility index (Phi) is 12.5. The Hall–Kier alpha value is -3.54. The van der Waals surface area contributed by atoms with Crippen LogP contribution in [0.1, 0.15) is 99.4 Å². The van der Waals surface area contributed by atoms with Gasteiger partial charge in [0.25, 0.3) is 0 Å². The van der Waals surface area contributed by atoms with Gasteiger partial charge < -0.3 is 19.5 Å². The van der Waals surface area contributed by atoms with Gasteiger partial charge in [-0.3, -0.25) is 9.80 Å². The number of methoxy groups -OCH3 is 1. The molecule has 3 saturated heterocycles. The highest BCUT2D eigenvalue weighted by molar-refractivity contribution is 6.37. The van der Waals surface area contributed by atoms with Crippen LogP contribution in [0.3, 0.4) is 0 Å². The lowest BCUT2D eigenvalue weighted by molar-refractivity contribution is 0.212. The third-order valence-corrected chi connectivity index (χ3v) is 11.7. The van der Waals surface area contributed by atoms with Gasteiger partial charge in [0.15, 0.2) is 5.82 Å². The van der Waals surface area contributed by atoms with Crippen LogP contribution in [0.5, 0.6) is 6.01 Å². The summed E-state index contributed by atoms with van der Waals surface area (Å²) in [4.78, 5) is 16.9. The molecule has 0 spiro atoms. The second kappa shape index (κ2) is 17.1. The molecule has 0 amide bonds. The summed E-state index contributed by atoms with van der Waals surface area (Å²) in [5, 5.41) is 13.1. The number of nitrogens with zero attached hydrogens (tertiary/aromatic N) is 8. The quantitative estimate of drug-likeness (QED) is 0.265. The number of allylic oxidation sites excluding steroid dienone is 3. The number of hydrogen-bond donors (Lipinski definition) is 1. The topological polar surface area (TPSA) is 87.5 Å². The maximum absolute atomic E-state index is 12.6. The van der Waals surface area contributed by atoms with Crippen molar-refractivity contribution in [1.29, 1.82) is 0 Å². The Morgan fingerprint density at radius 1 is 1.08 bits per heavy atom. The molecule has 1 N–H and O–H groups in total. The lowest BCUT2D eigenvalue weighted by atomic mass is 9.89. The number of anilines is 1. The average Bonchev–Trinajstić information content (AvgIpc) is 3.76. The number of hydrogen-bond acceptors (Lipinski definition) is 9. The summed E-state index contributed by atoms with van der Waals surface area (Å²) in [7, 11) is 5.84. The molecule has 12 heteroatoms. The second-order valence-corrected chi connectivity index (χ2v) is 15.2. The Morgan fingerprint density at radius 2 is 1.88 bits per heavy atom. The van der Waals surface area contributed by atoms with E-state index >= 15 is 0 Å². The summed E-state index contributed by atoms with van der Waals surface area (Å²) < 4.78 is 20.3. The van der Waals surface area contributed by atoms with Crippen LogP contribution in [0.15, 0.2) is 40.6 Å². The highest BCUT2D eigenvalue weighted by atomic mass is 35.5. The molecule has 0 bridgehead atoms. The van der Waals surface area contributed by atoms with Crippen molar-refractivity contribution in [2.24, 2.45) is 7.05 Å². The van der Waals surface area contributed by atoms with Crippen molar-refractivity contribution in [2.45, 2.75) is 104 Å². The minimum atomic E-state index is -0.518. The Balaban J connectivity index is 0.000000444. The lowest BCUT2D eigenvalue weighted by Crippen LogP contribution is -2.36. The first kappa shape index (κ1) is 38.2. The SMILES string of the molecule is CCCc1ccccc1C1Cc2nc(OC)nc(N3CCCN/C(=C(Cl)\C(=C(/C)CC)c4nnc(C)n4C)C3)c2CN1C.FC1CC2CCCN2C1. The minimum Gasteiger partial charge on any atom is -0.467 e. The highest BCUT2D eigenvalue weighted by Crippen LogP contribution is 2.39. The van der Waals surface area contributed by atoms with Crippen molar-refractivity contribution in [3.05, 3.63) is 74.6 Å². The van der Waals surface area contributed by atoms with E-state index in [0.717, 1.165) is 105 Å². The number of halogens is 2. The van der Waals surface area contributed by atoms with Gasteiger partial charge in [0.05, 0.1) is 30.1 Å². The molecule has 4 aliphatic heterocycles. The molecule has 3 aromatic rings. The monoisotopic (exact) mass is 733 g/mol. The lowest BCUT2D eigenvalue weighted by Gasteiger charge is -2.37. The van der Waals surface area contributed by atoms with Gasteiger partial charge in [-0.15, -0.1) is 10.2 Å². The van der Waals surface area contributed by atoms with Gasteiger partial charge >= 0.3 is 6.01 Å². The fraction of sp³-hybridized carbons (Fsp3) is 0.600. The Labute approximate surface area is 314 Å². The molecule has 0 radical (unpaired) electrons. The number of ether oxygens (including phenoxy) is 1. The first-order valence-electron chi connectivity index (χ1n) is 19.2. The number of fused-ring (bicyclic) bond motifs is 2. The number of aryl methyl sites for hydroxylation is 2. The minimum absolute atomic E-state index is 0.248. The summed E-state index contributed by atoms with van der Waals surface area (Å²) in [5.41, 5.74) is 8.09. The smallest absolute Gasteiger partial charge is 0.318 e. The molecule has 4 aliphatic rings. The fourth-order valence-electron chi connectivity index (χ4n) is 8.20. The van der Waals surface area contributed by atoms with Gasteiger partial charge in [0, 0.05) is 62.9 Å². The average molecular weight is 734 g/mol. The van der Waals surface area contributed by atoms with Crippen LogP contribution in [0, 0.1) is 6.92 Å². The van der Waals surface area contributed by atoms with Gasteiger partial charge in [-0.05, 0) is 77.1 Å². The first-order chi connectivity index (χ1) is 25.1. The van der Waals surface area contributed by atoms with Crippen molar-refractivity contribution < 1.29 is 9.13 Å². The van der Waals surface area contributed by atoms with E-state index in [0.29, 0.717) is 30.2 Å². The Bertz CT molecular complexity index is 1760. The number of nitrogens with one attached hydrogen (secondary N) is 1. The zero-order valence-corrected chi connectivity index (χ0v) is 32.9. The van der Waals surface area contributed by atoms with Crippen LogP contribution in [-0.2, 0) is 26.4 Å². The van der Waals surface area contributed by atoms with E-state index in [4.69, 9.17) is 26.3 Å². The predicted molar refractivity (Wildman–Crippen MR) is 207 cm³/mol. The number of alkyl halides is 1. The van der Waals surface area contributed by atoms with Gasteiger partial charge in [0.1, 0.15) is 17.8 Å². The molecule has 2 aromatic heterocycles. The first-order valence-corrected chi connectivity index (χ1v) is 19.5. The molecule has 0 aliphatic carbocycles.